The number of fused-ring (bicyclic) bond motifs is 1. The number of phenolic OH excluding ortho intramolecular Hbond substituents is 1. The van der Waals surface area contributed by atoms with E-state index in [0.717, 1.165) is 18.9 Å². The summed E-state index contributed by atoms with van der Waals surface area (Å²) in [4.78, 5) is 2.63. The molecule has 2 atom stereocenters. The topological polar surface area (TPSA) is 23.5 Å². The number of nitrogens with zero attached hydrogens (tertiary/aromatic N) is 1. The third kappa shape index (κ3) is 1.61. The van der Waals surface area contributed by atoms with Crippen molar-refractivity contribution in [3.05, 3.63) is 29.8 Å². The second-order valence-corrected chi connectivity index (χ2v) is 5.45. The van der Waals surface area contributed by atoms with Gasteiger partial charge in [0.05, 0.1) is 0 Å². The first-order chi connectivity index (χ1) is 7.68. The standard InChI is InChI=1S/C14H19NO/c1-14-10-12(14)6-8-15(14)7-5-11-3-2-4-13(16)9-11/h2-4,9,12,16H,5-8,10H2,1H3. The van der Waals surface area contributed by atoms with Gasteiger partial charge in [-0.05, 0) is 56.3 Å². The van der Waals surface area contributed by atoms with Gasteiger partial charge in [0.25, 0.3) is 0 Å². The lowest BCUT2D eigenvalue weighted by Crippen LogP contribution is -2.33. The minimum absolute atomic E-state index is 0.384. The summed E-state index contributed by atoms with van der Waals surface area (Å²) in [5.74, 6) is 1.35. The van der Waals surface area contributed by atoms with Crippen molar-refractivity contribution in [3.63, 3.8) is 0 Å². The monoisotopic (exact) mass is 217 g/mol. The molecule has 86 valence electrons. The summed E-state index contributed by atoms with van der Waals surface area (Å²) < 4.78 is 0. The van der Waals surface area contributed by atoms with Gasteiger partial charge in [0.15, 0.2) is 0 Å². The summed E-state index contributed by atoms with van der Waals surface area (Å²) in [5.41, 5.74) is 1.77. The van der Waals surface area contributed by atoms with Crippen LogP contribution < -0.4 is 0 Å². The van der Waals surface area contributed by atoms with E-state index >= 15 is 0 Å². The highest BCUT2D eigenvalue weighted by molar-refractivity contribution is 5.27. The van der Waals surface area contributed by atoms with Crippen molar-refractivity contribution >= 4 is 0 Å². The van der Waals surface area contributed by atoms with Gasteiger partial charge in [0.1, 0.15) is 5.75 Å². The zero-order chi connectivity index (χ0) is 11.2. The Kier molecular flexibility index (Phi) is 2.21. The first kappa shape index (κ1) is 10.2. The highest BCUT2D eigenvalue weighted by atomic mass is 16.3. The average Bonchev–Trinajstić information content (AvgIpc) is 2.82. The molecule has 2 nitrogen and oxygen atoms in total. The molecular weight excluding hydrogens is 198 g/mol. The van der Waals surface area contributed by atoms with E-state index in [1.54, 1.807) is 6.07 Å². The minimum Gasteiger partial charge on any atom is -0.508 e. The normalized spacial score (nSPS) is 32.7. The maximum absolute atomic E-state index is 9.40. The van der Waals surface area contributed by atoms with Crippen molar-refractivity contribution in [2.45, 2.75) is 31.7 Å². The molecule has 0 amide bonds. The number of aromatic hydroxyl groups is 1. The average molecular weight is 217 g/mol. The number of likely N-dealkylation sites (tertiary alicyclic amines) is 1. The number of benzene rings is 1. The van der Waals surface area contributed by atoms with Crippen LogP contribution >= 0.6 is 0 Å². The first-order valence-corrected chi connectivity index (χ1v) is 6.21. The fourth-order valence-electron chi connectivity index (χ4n) is 3.15. The molecule has 0 bridgehead atoms. The zero-order valence-electron chi connectivity index (χ0n) is 9.82. The second kappa shape index (κ2) is 3.49. The van der Waals surface area contributed by atoms with E-state index in [1.807, 2.05) is 12.1 Å². The molecule has 1 saturated carbocycles. The summed E-state index contributed by atoms with van der Waals surface area (Å²) in [6, 6.07) is 7.64. The highest BCUT2D eigenvalue weighted by Crippen LogP contribution is 2.55. The van der Waals surface area contributed by atoms with Crippen molar-refractivity contribution in [2.24, 2.45) is 5.92 Å². The fraction of sp³-hybridized carbons (Fsp3) is 0.571. The van der Waals surface area contributed by atoms with Crippen LogP contribution in [0.5, 0.6) is 5.75 Å². The molecule has 0 aromatic heterocycles. The van der Waals surface area contributed by atoms with Gasteiger partial charge >= 0.3 is 0 Å². The molecular formula is C14H19NO. The molecule has 2 unspecified atom stereocenters. The summed E-state index contributed by atoms with van der Waals surface area (Å²) in [7, 11) is 0. The van der Waals surface area contributed by atoms with Crippen molar-refractivity contribution in [1.82, 2.24) is 4.90 Å². The van der Waals surface area contributed by atoms with Crippen LogP contribution in [0.2, 0.25) is 0 Å². The third-order valence-corrected chi connectivity index (χ3v) is 4.43. The van der Waals surface area contributed by atoms with Gasteiger partial charge in [-0.15, -0.1) is 0 Å². The summed E-state index contributed by atoms with van der Waals surface area (Å²) in [6.45, 7) is 4.80. The second-order valence-electron chi connectivity index (χ2n) is 5.45. The molecule has 1 N–H and O–H groups in total. The van der Waals surface area contributed by atoms with Crippen molar-refractivity contribution in [2.75, 3.05) is 13.1 Å². The zero-order valence-corrected chi connectivity index (χ0v) is 9.82. The van der Waals surface area contributed by atoms with Gasteiger partial charge in [-0.2, -0.15) is 0 Å². The summed E-state index contributed by atoms with van der Waals surface area (Å²) >= 11 is 0. The van der Waals surface area contributed by atoms with E-state index in [0.29, 0.717) is 11.3 Å². The smallest absolute Gasteiger partial charge is 0.115 e. The van der Waals surface area contributed by atoms with Crippen LogP contribution in [0.25, 0.3) is 0 Å². The first-order valence-electron chi connectivity index (χ1n) is 6.21. The van der Waals surface area contributed by atoms with E-state index in [-0.39, 0.29) is 0 Å². The van der Waals surface area contributed by atoms with Gasteiger partial charge in [-0.3, -0.25) is 4.90 Å². The van der Waals surface area contributed by atoms with Crippen LogP contribution in [-0.4, -0.2) is 28.6 Å². The third-order valence-electron chi connectivity index (χ3n) is 4.43. The van der Waals surface area contributed by atoms with Crippen molar-refractivity contribution < 1.29 is 5.11 Å². The maximum Gasteiger partial charge on any atom is 0.115 e. The molecule has 0 radical (unpaired) electrons. The molecule has 3 rings (SSSR count). The van der Waals surface area contributed by atoms with Crippen LogP contribution in [0.1, 0.15) is 25.3 Å². The molecule has 16 heavy (non-hydrogen) atoms. The molecule has 2 heteroatoms. The van der Waals surface area contributed by atoms with Crippen LogP contribution in [-0.2, 0) is 6.42 Å². The molecule has 1 aliphatic heterocycles. The number of rotatable bonds is 3. The summed E-state index contributed by atoms with van der Waals surface area (Å²) in [6.07, 6.45) is 3.83. The lowest BCUT2D eigenvalue weighted by atomic mass is 10.1. The number of hydrogen-bond donors (Lipinski definition) is 1. The van der Waals surface area contributed by atoms with Crippen LogP contribution in [0.3, 0.4) is 0 Å². The Bertz CT molecular complexity index is 401. The van der Waals surface area contributed by atoms with Gasteiger partial charge in [-0.1, -0.05) is 12.1 Å². The quantitative estimate of drug-likeness (QED) is 0.840. The minimum atomic E-state index is 0.384. The molecule has 1 saturated heterocycles. The molecule has 1 aromatic carbocycles. The Hall–Kier alpha value is -1.02. The fourth-order valence-corrected chi connectivity index (χ4v) is 3.15. The lowest BCUT2D eigenvalue weighted by Gasteiger charge is -2.24. The lowest BCUT2D eigenvalue weighted by molar-refractivity contribution is 0.228. The van der Waals surface area contributed by atoms with Gasteiger partial charge in [-0.25, -0.2) is 0 Å². The van der Waals surface area contributed by atoms with Gasteiger partial charge < -0.3 is 5.11 Å². The van der Waals surface area contributed by atoms with E-state index in [2.05, 4.69) is 17.9 Å². The Labute approximate surface area is 96.9 Å². The van der Waals surface area contributed by atoms with Crippen LogP contribution in [0.4, 0.5) is 0 Å². The largest absolute Gasteiger partial charge is 0.508 e. The maximum atomic E-state index is 9.40. The number of piperidine rings is 1. The van der Waals surface area contributed by atoms with E-state index in [1.165, 1.54) is 24.9 Å². The number of hydrogen-bond acceptors (Lipinski definition) is 2. The van der Waals surface area contributed by atoms with E-state index in [4.69, 9.17) is 0 Å². The SMILES string of the molecule is CC12CC1CCN2CCc1cccc(O)c1. The number of phenols is 1. The van der Waals surface area contributed by atoms with Crippen molar-refractivity contribution in [1.29, 1.82) is 0 Å². The molecule has 0 spiro atoms. The predicted molar refractivity (Wildman–Crippen MR) is 64.5 cm³/mol. The van der Waals surface area contributed by atoms with Gasteiger partial charge in [0, 0.05) is 12.1 Å². The molecule has 2 aliphatic rings. The predicted octanol–water partition coefficient (Wildman–Crippen LogP) is 2.42. The molecule has 1 heterocycles. The Balaban J connectivity index is 1.61. The highest BCUT2D eigenvalue weighted by Gasteiger charge is 2.57. The Morgan fingerprint density at radius 1 is 1.50 bits per heavy atom. The molecule has 1 aromatic rings. The summed E-state index contributed by atoms with van der Waals surface area (Å²) in [5, 5.41) is 9.40. The molecule has 2 fully saturated rings. The van der Waals surface area contributed by atoms with Gasteiger partial charge in [0.2, 0.25) is 0 Å². The van der Waals surface area contributed by atoms with Crippen LogP contribution in [0.15, 0.2) is 24.3 Å². The van der Waals surface area contributed by atoms with Crippen molar-refractivity contribution in [3.8, 4) is 5.75 Å². The van der Waals surface area contributed by atoms with Crippen LogP contribution in [0, 0.1) is 5.92 Å². The Morgan fingerprint density at radius 2 is 2.38 bits per heavy atom. The van der Waals surface area contributed by atoms with E-state index < -0.39 is 0 Å². The van der Waals surface area contributed by atoms with E-state index in [9.17, 15) is 5.11 Å². The Morgan fingerprint density at radius 3 is 3.00 bits per heavy atom. The molecule has 1 aliphatic carbocycles.